The van der Waals surface area contributed by atoms with Gasteiger partial charge in [-0.25, -0.2) is 15.5 Å². The molecule has 1 heterocycles. The third-order valence-corrected chi connectivity index (χ3v) is 6.68. The van der Waals surface area contributed by atoms with E-state index in [4.69, 9.17) is 5.26 Å². The summed E-state index contributed by atoms with van der Waals surface area (Å²) in [6, 6.07) is -0.294. The van der Waals surface area contributed by atoms with Crippen LogP contribution in [0.3, 0.4) is 0 Å². The van der Waals surface area contributed by atoms with Gasteiger partial charge >= 0.3 is 6.03 Å². The smallest absolute Gasteiger partial charge is 0.333 e. The number of amides is 2. The van der Waals surface area contributed by atoms with Gasteiger partial charge in [0.1, 0.15) is 0 Å². The fraction of sp³-hybridized carbons (Fsp3) is 0.800. The number of hydrogen-bond donors (Lipinski definition) is 4. The number of aromatic nitrogens is 2. The van der Waals surface area contributed by atoms with Crippen molar-refractivity contribution in [3.8, 4) is 0 Å². The molecule has 0 saturated carbocycles. The number of nitrogens with zero attached hydrogens (tertiary/aromatic N) is 2. The van der Waals surface area contributed by atoms with Crippen molar-refractivity contribution >= 4 is 28.5 Å². The number of anilines is 1. The normalized spacial score (nSPS) is 11.7. The van der Waals surface area contributed by atoms with E-state index in [2.05, 4.69) is 50.8 Å². The maximum atomic E-state index is 12.3. The number of nitrogens with one attached hydrogen (secondary N) is 3. The number of hydrogen-bond acceptors (Lipinski definition) is 7. The fourth-order valence-electron chi connectivity index (χ4n) is 3.95. The van der Waals surface area contributed by atoms with Crippen molar-refractivity contribution in [2.75, 3.05) is 12.0 Å². The summed E-state index contributed by atoms with van der Waals surface area (Å²) in [6.07, 6.45) is 20.7. The van der Waals surface area contributed by atoms with Crippen molar-refractivity contribution in [1.29, 1.82) is 0 Å². The standard InChI is InChI=1S/C25H47N5O3S/c1-4-6-8-10-12-13-15-17-19-22(18-16-14-11-9-7-5-2)20-26-24(31)28-29-25-27-23(30-34-25)21(3)33-32/h22,32H,3-20H2,1-2H3,(H2,26,28,31)(H,27,29,30). The van der Waals surface area contributed by atoms with Crippen LogP contribution in [0.2, 0.25) is 0 Å². The Balaban J connectivity index is 2.31. The predicted molar refractivity (Wildman–Crippen MR) is 142 cm³/mol. The molecule has 1 aromatic heterocycles. The minimum Gasteiger partial charge on any atom is -0.337 e. The molecule has 1 aromatic rings. The van der Waals surface area contributed by atoms with Gasteiger partial charge in [0.15, 0.2) is 0 Å². The summed E-state index contributed by atoms with van der Waals surface area (Å²) in [5, 5.41) is 12.0. The zero-order valence-corrected chi connectivity index (χ0v) is 22.2. The Morgan fingerprint density at radius 1 is 0.941 bits per heavy atom. The Labute approximate surface area is 210 Å². The van der Waals surface area contributed by atoms with Gasteiger partial charge in [0, 0.05) is 18.1 Å². The van der Waals surface area contributed by atoms with E-state index < -0.39 is 0 Å². The van der Waals surface area contributed by atoms with Gasteiger partial charge in [0.05, 0.1) is 0 Å². The lowest BCUT2D eigenvalue weighted by Crippen LogP contribution is -2.41. The van der Waals surface area contributed by atoms with Gasteiger partial charge in [0.2, 0.25) is 16.7 Å². The van der Waals surface area contributed by atoms with E-state index in [1.165, 1.54) is 103 Å². The van der Waals surface area contributed by atoms with Crippen LogP contribution >= 0.6 is 11.5 Å². The van der Waals surface area contributed by atoms with Crippen LogP contribution in [-0.4, -0.2) is 27.2 Å². The Morgan fingerprint density at radius 2 is 1.47 bits per heavy atom. The summed E-state index contributed by atoms with van der Waals surface area (Å²) in [5.74, 6) is 0.629. The number of unbranched alkanes of at least 4 members (excludes halogenated alkanes) is 12. The minimum absolute atomic E-state index is 0.0488. The van der Waals surface area contributed by atoms with Crippen LogP contribution in [0.5, 0.6) is 0 Å². The van der Waals surface area contributed by atoms with Gasteiger partial charge in [-0.1, -0.05) is 104 Å². The lowest BCUT2D eigenvalue weighted by molar-refractivity contribution is -0.170. The summed E-state index contributed by atoms with van der Waals surface area (Å²) in [6.45, 7) is 8.66. The Morgan fingerprint density at radius 3 is 2.00 bits per heavy atom. The molecule has 0 saturated heterocycles. The van der Waals surface area contributed by atoms with Crippen LogP contribution in [0.25, 0.3) is 5.76 Å². The summed E-state index contributed by atoms with van der Waals surface area (Å²) in [7, 11) is 0. The highest BCUT2D eigenvalue weighted by Gasteiger charge is 2.12. The molecule has 0 aliphatic heterocycles. The number of rotatable bonds is 22. The molecule has 34 heavy (non-hydrogen) atoms. The average Bonchev–Trinajstić information content (AvgIpc) is 3.33. The van der Waals surface area contributed by atoms with Crippen molar-refractivity contribution in [2.45, 2.75) is 117 Å². The molecule has 4 N–H and O–H groups in total. The SMILES string of the molecule is C=C(OO)c1nsc(NNC(=O)NCC(CCCCCCCC)CCCCCCCCCC)n1. The van der Waals surface area contributed by atoms with Gasteiger partial charge in [0.25, 0.3) is 0 Å². The van der Waals surface area contributed by atoms with Crippen LogP contribution in [0, 0.1) is 5.92 Å². The molecule has 0 spiro atoms. The Hall–Kier alpha value is -1.87. The molecule has 0 bridgehead atoms. The highest BCUT2D eigenvalue weighted by atomic mass is 32.1. The van der Waals surface area contributed by atoms with Crippen LogP contribution in [0.1, 0.15) is 122 Å². The number of hydrazine groups is 1. The molecule has 1 rings (SSSR count). The van der Waals surface area contributed by atoms with E-state index in [1.54, 1.807) is 0 Å². The van der Waals surface area contributed by atoms with E-state index in [1.807, 2.05) is 0 Å². The molecule has 1 unspecified atom stereocenters. The molecule has 0 aliphatic rings. The molecule has 0 fully saturated rings. The first-order chi connectivity index (χ1) is 16.6. The number of carbonyl (C=O) groups is 1. The molecular weight excluding hydrogens is 450 g/mol. The van der Waals surface area contributed by atoms with Gasteiger partial charge in [-0.15, -0.1) is 0 Å². The molecule has 0 aromatic carbocycles. The minimum atomic E-state index is -0.294. The van der Waals surface area contributed by atoms with Gasteiger partial charge in [-0.3, -0.25) is 5.43 Å². The van der Waals surface area contributed by atoms with Crippen LogP contribution in [0.15, 0.2) is 6.58 Å². The predicted octanol–water partition coefficient (Wildman–Crippen LogP) is 7.52. The molecule has 0 aliphatic carbocycles. The summed E-state index contributed by atoms with van der Waals surface area (Å²) in [5.41, 5.74) is 5.32. The van der Waals surface area contributed by atoms with Gasteiger partial charge in [-0.05, 0) is 25.3 Å². The quantitative estimate of drug-likeness (QED) is 0.0571. The Kier molecular flexibility index (Phi) is 18.2. The molecule has 9 heteroatoms. The third-order valence-electron chi connectivity index (χ3n) is 6.05. The molecule has 8 nitrogen and oxygen atoms in total. The summed E-state index contributed by atoms with van der Waals surface area (Å²) in [4.78, 5) is 20.4. The third kappa shape index (κ3) is 15.1. The van der Waals surface area contributed by atoms with E-state index in [-0.39, 0.29) is 17.6 Å². The lowest BCUT2D eigenvalue weighted by Gasteiger charge is -2.18. The second-order valence-electron chi connectivity index (χ2n) is 9.08. The van der Waals surface area contributed by atoms with Crippen molar-refractivity contribution in [1.82, 2.24) is 20.1 Å². The maximum Gasteiger partial charge on any atom is 0.333 e. The summed E-state index contributed by atoms with van der Waals surface area (Å²) < 4.78 is 3.98. The Bertz CT molecular complexity index is 656. The van der Waals surface area contributed by atoms with E-state index in [0.717, 1.165) is 11.5 Å². The van der Waals surface area contributed by atoms with Crippen LogP contribution in [-0.2, 0) is 4.89 Å². The van der Waals surface area contributed by atoms with Crippen LogP contribution in [0.4, 0.5) is 9.93 Å². The van der Waals surface area contributed by atoms with Gasteiger partial charge < -0.3 is 10.2 Å². The molecular formula is C25H47N5O3S. The average molecular weight is 498 g/mol. The van der Waals surface area contributed by atoms with E-state index in [0.29, 0.717) is 17.6 Å². The molecule has 0 radical (unpaired) electrons. The monoisotopic (exact) mass is 497 g/mol. The fourth-order valence-corrected chi connectivity index (χ4v) is 4.49. The molecule has 196 valence electrons. The highest BCUT2D eigenvalue weighted by molar-refractivity contribution is 7.09. The van der Waals surface area contributed by atoms with E-state index in [9.17, 15) is 4.79 Å². The second-order valence-corrected chi connectivity index (χ2v) is 9.84. The number of carbonyl (C=O) groups excluding carboxylic acids is 1. The first-order valence-electron chi connectivity index (χ1n) is 13.2. The van der Waals surface area contributed by atoms with Crippen molar-refractivity contribution in [2.24, 2.45) is 5.92 Å². The first-order valence-corrected chi connectivity index (χ1v) is 14.0. The van der Waals surface area contributed by atoms with Crippen LogP contribution < -0.4 is 16.2 Å². The molecule has 2 amide bonds. The summed E-state index contributed by atoms with van der Waals surface area (Å²) >= 11 is 1.03. The first kappa shape index (κ1) is 30.2. The second kappa shape index (κ2) is 20.5. The largest absolute Gasteiger partial charge is 0.337 e. The van der Waals surface area contributed by atoms with Crippen molar-refractivity contribution in [3.63, 3.8) is 0 Å². The van der Waals surface area contributed by atoms with Crippen molar-refractivity contribution in [3.05, 3.63) is 12.4 Å². The molecule has 1 atom stereocenters. The zero-order valence-electron chi connectivity index (χ0n) is 21.4. The highest BCUT2D eigenvalue weighted by Crippen LogP contribution is 2.19. The number of urea groups is 1. The van der Waals surface area contributed by atoms with Crippen molar-refractivity contribution < 1.29 is 14.9 Å². The maximum absolute atomic E-state index is 12.3. The lowest BCUT2D eigenvalue weighted by atomic mass is 9.94. The zero-order chi connectivity index (χ0) is 24.9. The topological polar surface area (TPSA) is 108 Å². The van der Waals surface area contributed by atoms with E-state index >= 15 is 0 Å². The van der Waals surface area contributed by atoms with Gasteiger partial charge in [-0.2, -0.15) is 9.36 Å².